The van der Waals surface area contributed by atoms with Crippen LogP contribution in [-0.4, -0.2) is 4.98 Å². The SMILES string of the molecule is NCc1nc(COc2cc(F)c(Cl)cc2Br)cs1. The Balaban J connectivity index is 2.08. The van der Waals surface area contributed by atoms with E-state index in [9.17, 15) is 4.39 Å². The van der Waals surface area contributed by atoms with E-state index < -0.39 is 5.82 Å². The van der Waals surface area contributed by atoms with Gasteiger partial charge in [-0.15, -0.1) is 11.3 Å². The van der Waals surface area contributed by atoms with Gasteiger partial charge in [0.15, 0.2) is 0 Å². The zero-order valence-corrected chi connectivity index (χ0v) is 12.3. The van der Waals surface area contributed by atoms with E-state index in [1.54, 1.807) is 0 Å². The van der Waals surface area contributed by atoms with Crippen LogP contribution in [0, 0.1) is 5.82 Å². The van der Waals surface area contributed by atoms with Crippen molar-refractivity contribution in [3.63, 3.8) is 0 Å². The van der Waals surface area contributed by atoms with E-state index in [2.05, 4.69) is 20.9 Å². The maximum atomic E-state index is 13.3. The molecule has 0 atom stereocenters. The van der Waals surface area contributed by atoms with Crippen molar-refractivity contribution in [3.05, 3.63) is 43.5 Å². The molecule has 2 aromatic rings. The van der Waals surface area contributed by atoms with Crippen molar-refractivity contribution in [3.8, 4) is 5.75 Å². The minimum absolute atomic E-state index is 0.0494. The number of nitrogens with zero attached hydrogens (tertiary/aromatic N) is 1. The predicted molar refractivity (Wildman–Crippen MR) is 73.4 cm³/mol. The molecule has 0 amide bonds. The quantitative estimate of drug-likeness (QED) is 0.854. The molecule has 96 valence electrons. The third-order valence-electron chi connectivity index (χ3n) is 2.12. The van der Waals surface area contributed by atoms with E-state index in [0.29, 0.717) is 16.8 Å². The van der Waals surface area contributed by atoms with E-state index in [4.69, 9.17) is 22.1 Å². The highest BCUT2D eigenvalue weighted by atomic mass is 79.9. The van der Waals surface area contributed by atoms with Gasteiger partial charge in [-0.25, -0.2) is 9.37 Å². The van der Waals surface area contributed by atoms with E-state index in [-0.39, 0.29) is 11.6 Å². The van der Waals surface area contributed by atoms with Crippen molar-refractivity contribution in [1.82, 2.24) is 4.98 Å². The van der Waals surface area contributed by atoms with Crippen LogP contribution in [0.25, 0.3) is 0 Å². The molecule has 2 rings (SSSR count). The smallest absolute Gasteiger partial charge is 0.145 e. The first-order valence-corrected chi connectivity index (χ1v) is 7.06. The highest BCUT2D eigenvalue weighted by Gasteiger charge is 2.09. The monoisotopic (exact) mass is 350 g/mol. The second kappa shape index (κ2) is 5.97. The topological polar surface area (TPSA) is 48.1 Å². The normalized spacial score (nSPS) is 10.7. The number of hydrogen-bond acceptors (Lipinski definition) is 4. The lowest BCUT2D eigenvalue weighted by Crippen LogP contribution is -1.99. The third kappa shape index (κ3) is 3.20. The summed E-state index contributed by atoms with van der Waals surface area (Å²) in [6.45, 7) is 0.667. The Hall–Kier alpha value is -0.690. The molecule has 7 heteroatoms. The number of ether oxygens (including phenoxy) is 1. The molecule has 2 N–H and O–H groups in total. The van der Waals surface area contributed by atoms with Crippen molar-refractivity contribution in [2.45, 2.75) is 13.2 Å². The van der Waals surface area contributed by atoms with Gasteiger partial charge in [0.05, 0.1) is 15.2 Å². The predicted octanol–water partition coefficient (Wildman–Crippen LogP) is 3.74. The summed E-state index contributed by atoms with van der Waals surface area (Å²) < 4.78 is 19.4. The lowest BCUT2D eigenvalue weighted by molar-refractivity contribution is 0.298. The van der Waals surface area contributed by atoms with Crippen molar-refractivity contribution < 1.29 is 9.13 Å². The summed E-state index contributed by atoms with van der Waals surface area (Å²) in [5.74, 6) is -0.130. The molecule has 0 bridgehead atoms. The van der Waals surface area contributed by atoms with Gasteiger partial charge >= 0.3 is 0 Å². The number of benzene rings is 1. The molecule has 0 aliphatic heterocycles. The van der Waals surface area contributed by atoms with Crippen LogP contribution in [0.1, 0.15) is 10.7 Å². The molecule has 0 aliphatic carbocycles. The molecule has 0 fully saturated rings. The Morgan fingerprint density at radius 3 is 2.94 bits per heavy atom. The average molecular weight is 352 g/mol. The molecule has 0 saturated heterocycles. The first kappa shape index (κ1) is 13.7. The minimum atomic E-state index is -0.518. The number of rotatable bonds is 4. The molecule has 3 nitrogen and oxygen atoms in total. The van der Waals surface area contributed by atoms with Gasteiger partial charge in [0.2, 0.25) is 0 Å². The van der Waals surface area contributed by atoms with E-state index in [1.165, 1.54) is 23.5 Å². The van der Waals surface area contributed by atoms with Crippen LogP contribution in [0.4, 0.5) is 4.39 Å². The zero-order valence-electron chi connectivity index (χ0n) is 9.12. The fourth-order valence-corrected chi connectivity index (χ4v) is 2.69. The van der Waals surface area contributed by atoms with Gasteiger partial charge in [-0.3, -0.25) is 0 Å². The Morgan fingerprint density at radius 1 is 1.50 bits per heavy atom. The number of thiazole rings is 1. The molecule has 1 heterocycles. The van der Waals surface area contributed by atoms with Crippen molar-refractivity contribution >= 4 is 38.9 Å². The molecule has 1 aromatic carbocycles. The van der Waals surface area contributed by atoms with Crippen LogP contribution < -0.4 is 10.5 Å². The highest BCUT2D eigenvalue weighted by Crippen LogP contribution is 2.31. The average Bonchev–Trinajstić information content (AvgIpc) is 2.80. The van der Waals surface area contributed by atoms with Crippen LogP contribution in [0.2, 0.25) is 5.02 Å². The fraction of sp³-hybridized carbons (Fsp3) is 0.182. The van der Waals surface area contributed by atoms with Crippen LogP contribution in [-0.2, 0) is 13.2 Å². The second-order valence-electron chi connectivity index (χ2n) is 3.42. The van der Waals surface area contributed by atoms with Crippen molar-refractivity contribution in [1.29, 1.82) is 0 Å². The Bertz CT molecular complexity index is 564. The summed E-state index contributed by atoms with van der Waals surface area (Å²) in [4.78, 5) is 4.25. The molecule has 18 heavy (non-hydrogen) atoms. The van der Waals surface area contributed by atoms with Gasteiger partial charge in [0.25, 0.3) is 0 Å². The number of halogens is 3. The van der Waals surface area contributed by atoms with E-state index in [1.807, 2.05) is 5.38 Å². The third-order valence-corrected chi connectivity index (χ3v) is 3.95. The van der Waals surface area contributed by atoms with Crippen LogP contribution in [0.15, 0.2) is 22.0 Å². The zero-order chi connectivity index (χ0) is 13.1. The highest BCUT2D eigenvalue weighted by molar-refractivity contribution is 9.10. The van der Waals surface area contributed by atoms with Crippen molar-refractivity contribution in [2.24, 2.45) is 5.73 Å². The summed E-state index contributed by atoms with van der Waals surface area (Å²) in [6.07, 6.45) is 0. The molecular formula is C11H9BrClFN2OS. The van der Waals surface area contributed by atoms with Gasteiger partial charge < -0.3 is 10.5 Å². The maximum Gasteiger partial charge on any atom is 0.145 e. The summed E-state index contributed by atoms with van der Waals surface area (Å²) in [7, 11) is 0. The van der Waals surface area contributed by atoms with Crippen LogP contribution in [0.3, 0.4) is 0 Å². The molecule has 0 saturated carbocycles. The Morgan fingerprint density at radius 2 is 2.28 bits per heavy atom. The molecule has 0 unspecified atom stereocenters. The number of nitrogens with two attached hydrogens (primary N) is 1. The fourth-order valence-electron chi connectivity index (χ4n) is 1.28. The molecule has 0 spiro atoms. The van der Waals surface area contributed by atoms with E-state index in [0.717, 1.165) is 10.7 Å². The lowest BCUT2D eigenvalue weighted by Gasteiger charge is -2.07. The maximum absolute atomic E-state index is 13.3. The lowest BCUT2D eigenvalue weighted by atomic mass is 10.3. The summed E-state index contributed by atoms with van der Waals surface area (Å²) >= 11 is 10.4. The summed E-state index contributed by atoms with van der Waals surface area (Å²) in [5, 5.41) is 2.76. The van der Waals surface area contributed by atoms with Gasteiger partial charge in [-0.1, -0.05) is 11.6 Å². The van der Waals surface area contributed by atoms with E-state index >= 15 is 0 Å². The van der Waals surface area contributed by atoms with Gasteiger partial charge in [0.1, 0.15) is 23.2 Å². The summed E-state index contributed by atoms with van der Waals surface area (Å²) in [5.41, 5.74) is 6.23. The van der Waals surface area contributed by atoms with Gasteiger partial charge in [0, 0.05) is 18.0 Å². The van der Waals surface area contributed by atoms with Crippen molar-refractivity contribution in [2.75, 3.05) is 0 Å². The first-order chi connectivity index (χ1) is 8.60. The number of hydrogen-bond donors (Lipinski definition) is 1. The van der Waals surface area contributed by atoms with Gasteiger partial charge in [-0.05, 0) is 22.0 Å². The molecule has 0 aliphatic rings. The Labute approximate surface area is 121 Å². The number of aromatic nitrogens is 1. The van der Waals surface area contributed by atoms with Gasteiger partial charge in [-0.2, -0.15) is 0 Å². The standard InChI is InChI=1S/C11H9BrClFN2OS/c12-7-1-8(13)9(14)2-10(7)17-4-6-5-18-11(3-15)16-6/h1-2,5H,3-4,15H2. The first-order valence-electron chi connectivity index (χ1n) is 5.01. The largest absolute Gasteiger partial charge is 0.486 e. The van der Waals surface area contributed by atoms with Crippen LogP contribution >= 0.6 is 38.9 Å². The Kier molecular flexibility index (Phi) is 4.55. The summed E-state index contributed by atoms with van der Waals surface area (Å²) in [6, 6.07) is 2.70. The van der Waals surface area contributed by atoms with Crippen LogP contribution in [0.5, 0.6) is 5.75 Å². The molecular weight excluding hydrogens is 343 g/mol. The minimum Gasteiger partial charge on any atom is -0.486 e. The second-order valence-corrected chi connectivity index (χ2v) is 5.63. The molecule has 1 aromatic heterocycles. The molecule has 0 radical (unpaired) electrons.